The van der Waals surface area contributed by atoms with Gasteiger partial charge in [0, 0.05) is 19.8 Å². The molecule has 0 bridgehead atoms. The van der Waals surface area contributed by atoms with Crippen molar-refractivity contribution >= 4 is 17.4 Å². The maximum Gasteiger partial charge on any atom is 0.169 e. The van der Waals surface area contributed by atoms with Crippen LogP contribution in [0.25, 0.3) is 0 Å². The molecule has 0 saturated heterocycles. The zero-order valence-electron chi connectivity index (χ0n) is 7.50. The van der Waals surface area contributed by atoms with Crippen molar-refractivity contribution in [2.75, 3.05) is 19.8 Å². The van der Waals surface area contributed by atoms with Gasteiger partial charge in [0.2, 0.25) is 0 Å². The summed E-state index contributed by atoms with van der Waals surface area (Å²) in [6.45, 7) is 5.58. The lowest BCUT2D eigenvalue weighted by Crippen LogP contribution is -2.26. The SMILES string of the molecule is CCOC(CN)OCC.N=C=S. The van der Waals surface area contributed by atoms with E-state index < -0.39 is 0 Å². The van der Waals surface area contributed by atoms with Crippen molar-refractivity contribution in [2.24, 2.45) is 5.73 Å². The number of nitrogens with one attached hydrogen (secondary N) is 1. The molecule has 4 nitrogen and oxygen atoms in total. The summed E-state index contributed by atoms with van der Waals surface area (Å²) in [6.07, 6.45) is -0.208. The first kappa shape index (κ1) is 14.2. The van der Waals surface area contributed by atoms with Crippen LogP contribution in [-0.2, 0) is 9.47 Å². The summed E-state index contributed by atoms with van der Waals surface area (Å²) in [5, 5.41) is 7.36. The Kier molecular flexibility index (Phi) is 15.7. The number of rotatable bonds is 5. The lowest BCUT2D eigenvalue weighted by Gasteiger charge is -2.13. The van der Waals surface area contributed by atoms with Gasteiger partial charge in [-0.3, -0.25) is 0 Å². The summed E-state index contributed by atoms with van der Waals surface area (Å²) >= 11 is 3.81. The quantitative estimate of drug-likeness (QED) is 0.387. The predicted octanol–water partition coefficient (Wildman–Crippen LogP) is 1.01. The molecule has 0 rings (SSSR count). The van der Waals surface area contributed by atoms with Crippen LogP contribution in [0, 0.1) is 5.41 Å². The number of hydrogen-bond acceptors (Lipinski definition) is 5. The number of nitrogens with two attached hydrogens (primary N) is 1. The minimum Gasteiger partial charge on any atom is -0.352 e. The smallest absolute Gasteiger partial charge is 0.169 e. The van der Waals surface area contributed by atoms with Gasteiger partial charge in [0.05, 0.1) is 5.16 Å². The summed E-state index contributed by atoms with van der Waals surface area (Å²) in [5.41, 5.74) is 5.29. The van der Waals surface area contributed by atoms with Crippen molar-refractivity contribution in [3.05, 3.63) is 0 Å². The van der Waals surface area contributed by atoms with Gasteiger partial charge in [-0.15, -0.1) is 0 Å². The van der Waals surface area contributed by atoms with Gasteiger partial charge in [0.25, 0.3) is 0 Å². The van der Waals surface area contributed by atoms with Crippen LogP contribution in [0.4, 0.5) is 0 Å². The molecule has 0 spiro atoms. The highest BCUT2D eigenvalue weighted by atomic mass is 32.1. The molecule has 0 aliphatic carbocycles. The van der Waals surface area contributed by atoms with Crippen LogP contribution in [0.2, 0.25) is 0 Å². The molecule has 0 unspecified atom stereocenters. The van der Waals surface area contributed by atoms with E-state index >= 15 is 0 Å². The monoisotopic (exact) mass is 192 g/mol. The molecule has 0 aromatic carbocycles. The number of ether oxygens (including phenoxy) is 2. The third-order valence-electron chi connectivity index (χ3n) is 0.898. The Labute approximate surface area is 78.5 Å². The van der Waals surface area contributed by atoms with Crippen LogP contribution in [0.1, 0.15) is 13.8 Å². The zero-order chi connectivity index (χ0) is 9.82. The van der Waals surface area contributed by atoms with Crippen LogP contribution in [0.15, 0.2) is 0 Å². The number of hydrogen-bond donors (Lipinski definition) is 2. The van der Waals surface area contributed by atoms with Crippen molar-refractivity contribution in [3.63, 3.8) is 0 Å². The van der Waals surface area contributed by atoms with Gasteiger partial charge < -0.3 is 15.2 Å². The molecule has 0 radical (unpaired) electrons. The average Bonchev–Trinajstić information content (AvgIpc) is 2.05. The Bertz CT molecular complexity index is 110. The van der Waals surface area contributed by atoms with Crippen molar-refractivity contribution < 1.29 is 9.47 Å². The molecule has 0 heterocycles. The largest absolute Gasteiger partial charge is 0.352 e. The lowest BCUT2D eigenvalue weighted by atomic mass is 10.6. The first-order valence-corrected chi connectivity index (χ1v) is 4.14. The Morgan fingerprint density at radius 2 is 1.75 bits per heavy atom. The summed E-state index contributed by atoms with van der Waals surface area (Å²) in [5.74, 6) is 0. The molecule has 3 N–H and O–H groups in total. The summed E-state index contributed by atoms with van der Waals surface area (Å²) in [4.78, 5) is 0. The second-order valence-corrected chi connectivity index (χ2v) is 1.88. The number of isothiocyanates is 1. The highest BCUT2D eigenvalue weighted by Crippen LogP contribution is 1.90. The van der Waals surface area contributed by atoms with E-state index in [1.165, 1.54) is 0 Å². The van der Waals surface area contributed by atoms with Gasteiger partial charge >= 0.3 is 0 Å². The molecule has 0 aromatic rings. The minimum atomic E-state index is -0.208. The molecule has 12 heavy (non-hydrogen) atoms. The first-order valence-electron chi connectivity index (χ1n) is 3.73. The van der Waals surface area contributed by atoms with Crippen LogP contribution in [-0.4, -0.2) is 31.2 Å². The predicted molar refractivity (Wildman–Crippen MR) is 51.4 cm³/mol. The van der Waals surface area contributed by atoms with E-state index in [1.807, 2.05) is 13.8 Å². The minimum absolute atomic E-state index is 0.208. The van der Waals surface area contributed by atoms with E-state index in [4.69, 9.17) is 20.6 Å². The highest BCUT2D eigenvalue weighted by molar-refractivity contribution is 7.78. The fourth-order valence-corrected chi connectivity index (χ4v) is 0.556. The van der Waals surface area contributed by atoms with Crippen LogP contribution >= 0.6 is 12.2 Å². The standard InChI is InChI=1S/C6H15NO2.CHNS/c1-3-8-6(5-7)9-4-2;2-1-3/h6H,3-5,7H2,1-2H3;2H. The van der Waals surface area contributed by atoms with Crippen molar-refractivity contribution in [2.45, 2.75) is 20.1 Å². The van der Waals surface area contributed by atoms with Crippen molar-refractivity contribution in [1.82, 2.24) is 0 Å². The van der Waals surface area contributed by atoms with Gasteiger partial charge in [-0.2, -0.15) is 0 Å². The Hall–Kier alpha value is -0.320. The van der Waals surface area contributed by atoms with Gasteiger partial charge in [-0.05, 0) is 26.1 Å². The molecule has 5 heteroatoms. The molecular weight excluding hydrogens is 176 g/mol. The number of thiocarbonyl (C=S) groups is 1. The molecule has 0 amide bonds. The Morgan fingerprint density at radius 3 is 1.92 bits per heavy atom. The maximum atomic E-state index is 5.77. The summed E-state index contributed by atoms with van der Waals surface area (Å²) in [6, 6.07) is 0. The van der Waals surface area contributed by atoms with E-state index in [0.717, 1.165) is 0 Å². The van der Waals surface area contributed by atoms with Crippen LogP contribution in [0.5, 0.6) is 0 Å². The van der Waals surface area contributed by atoms with E-state index in [1.54, 1.807) is 5.16 Å². The molecule has 0 atom stereocenters. The topological polar surface area (TPSA) is 68.3 Å². The maximum absolute atomic E-state index is 5.77. The van der Waals surface area contributed by atoms with E-state index in [0.29, 0.717) is 19.8 Å². The van der Waals surface area contributed by atoms with Crippen LogP contribution < -0.4 is 5.73 Å². The molecule has 0 saturated carbocycles. The highest BCUT2D eigenvalue weighted by Gasteiger charge is 2.01. The lowest BCUT2D eigenvalue weighted by molar-refractivity contribution is -0.128. The van der Waals surface area contributed by atoms with E-state index in [9.17, 15) is 0 Å². The second kappa shape index (κ2) is 13.3. The molecular formula is C7H16N2O2S. The molecule has 0 aromatic heterocycles. The average molecular weight is 192 g/mol. The summed E-state index contributed by atoms with van der Waals surface area (Å²) in [7, 11) is 0. The molecule has 0 fully saturated rings. The summed E-state index contributed by atoms with van der Waals surface area (Å²) < 4.78 is 10.2. The molecule has 0 aliphatic heterocycles. The normalized spacial score (nSPS) is 8.67. The van der Waals surface area contributed by atoms with E-state index in [2.05, 4.69) is 12.2 Å². The third kappa shape index (κ3) is 12.4. The first-order chi connectivity index (χ1) is 5.76. The van der Waals surface area contributed by atoms with Gasteiger partial charge in [-0.25, -0.2) is 5.41 Å². The Morgan fingerprint density at radius 1 is 1.42 bits per heavy atom. The van der Waals surface area contributed by atoms with Gasteiger partial charge in [0.1, 0.15) is 0 Å². The molecule has 72 valence electrons. The van der Waals surface area contributed by atoms with Crippen molar-refractivity contribution in [1.29, 1.82) is 5.41 Å². The van der Waals surface area contributed by atoms with Gasteiger partial charge in [0.15, 0.2) is 6.29 Å². The van der Waals surface area contributed by atoms with E-state index in [-0.39, 0.29) is 6.29 Å². The second-order valence-electron chi connectivity index (χ2n) is 1.68. The zero-order valence-corrected chi connectivity index (χ0v) is 8.32. The third-order valence-corrected chi connectivity index (χ3v) is 0.898. The Balaban J connectivity index is 0. The fourth-order valence-electron chi connectivity index (χ4n) is 0.556. The van der Waals surface area contributed by atoms with Crippen LogP contribution in [0.3, 0.4) is 0 Å². The molecule has 0 aliphatic rings. The van der Waals surface area contributed by atoms with Crippen molar-refractivity contribution in [3.8, 4) is 0 Å². The fraction of sp³-hybridized carbons (Fsp3) is 0.857. The van der Waals surface area contributed by atoms with Gasteiger partial charge in [-0.1, -0.05) is 0 Å².